The van der Waals surface area contributed by atoms with Crippen LogP contribution in [0.15, 0.2) is 71.8 Å². The van der Waals surface area contributed by atoms with Crippen molar-refractivity contribution in [2.45, 2.75) is 51.6 Å². The molecular weight excluding hydrogens is 462 g/mol. The van der Waals surface area contributed by atoms with Crippen molar-refractivity contribution < 1.29 is 9.47 Å². The van der Waals surface area contributed by atoms with Crippen LogP contribution in [0.3, 0.4) is 0 Å². The summed E-state index contributed by atoms with van der Waals surface area (Å²) in [6.45, 7) is 12.3. The van der Waals surface area contributed by atoms with Gasteiger partial charge in [-0.2, -0.15) is 0 Å². The van der Waals surface area contributed by atoms with Gasteiger partial charge in [0.25, 0.3) is 5.56 Å². The molecule has 1 N–H and O–H groups in total. The predicted octanol–water partition coefficient (Wildman–Crippen LogP) is 5.66. The van der Waals surface area contributed by atoms with Gasteiger partial charge < -0.3 is 24.3 Å². The highest BCUT2D eigenvalue weighted by Crippen LogP contribution is 2.35. The molecule has 1 aromatic heterocycles. The number of likely N-dealkylation sites (N-methyl/N-ethyl adjacent to an activating group) is 1. The second-order valence-electron chi connectivity index (χ2n) is 9.99. The average molecular weight is 502 g/mol. The van der Waals surface area contributed by atoms with Crippen LogP contribution in [0.1, 0.15) is 42.9 Å². The molecule has 0 saturated carbocycles. The Kier molecular flexibility index (Phi) is 8.27. The maximum atomic E-state index is 13.3. The lowest BCUT2D eigenvalue weighted by atomic mass is 9.91. The van der Waals surface area contributed by atoms with E-state index in [4.69, 9.17) is 9.47 Å². The fourth-order valence-corrected chi connectivity index (χ4v) is 5.01. The molecule has 196 valence electrons. The largest absolute Gasteiger partial charge is 0.493 e. The Balaban J connectivity index is 1.63. The number of nitrogens with zero attached hydrogens (tertiary/aromatic N) is 2. The van der Waals surface area contributed by atoms with Crippen molar-refractivity contribution >= 4 is 10.9 Å². The molecule has 4 rings (SSSR count). The first kappa shape index (κ1) is 26.4. The highest BCUT2D eigenvalue weighted by molar-refractivity contribution is 5.87. The SMILES string of the molecule is C=C(C1Cc2ccccc2CN1C(=C)Cc1cc2ccc(OC)c(OCCCCC)c2[nH]c1=O)N(C)C. The number of fused-ring (bicyclic) bond motifs is 2. The number of allylic oxidation sites excluding steroid dienone is 1. The zero-order chi connectivity index (χ0) is 26.5. The Labute approximate surface area is 220 Å². The molecule has 37 heavy (non-hydrogen) atoms. The van der Waals surface area contributed by atoms with E-state index in [1.165, 1.54) is 11.1 Å². The van der Waals surface area contributed by atoms with Crippen LogP contribution in [0.25, 0.3) is 10.9 Å². The van der Waals surface area contributed by atoms with E-state index in [-0.39, 0.29) is 11.6 Å². The molecule has 0 bridgehead atoms. The molecule has 0 fully saturated rings. The monoisotopic (exact) mass is 501 g/mol. The maximum Gasteiger partial charge on any atom is 0.252 e. The van der Waals surface area contributed by atoms with Gasteiger partial charge in [-0.1, -0.05) is 57.2 Å². The van der Waals surface area contributed by atoms with E-state index < -0.39 is 0 Å². The van der Waals surface area contributed by atoms with Crippen LogP contribution in [0.5, 0.6) is 11.5 Å². The van der Waals surface area contributed by atoms with Crippen LogP contribution in [-0.4, -0.2) is 48.6 Å². The zero-order valence-electron chi connectivity index (χ0n) is 22.6. The minimum atomic E-state index is -0.138. The summed E-state index contributed by atoms with van der Waals surface area (Å²) in [6, 6.07) is 14.4. The van der Waals surface area contributed by atoms with Gasteiger partial charge in [0, 0.05) is 49.4 Å². The summed E-state index contributed by atoms with van der Waals surface area (Å²) < 4.78 is 11.6. The molecule has 3 aromatic rings. The van der Waals surface area contributed by atoms with Crippen molar-refractivity contribution in [3.8, 4) is 11.5 Å². The Bertz CT molecular complexity index is 1340. The van der Waals surface area contributed by atoms with Crippen molar-refractivity contribution in [1.29, 1.82) is 0 Å². The Morgan fingerprint density at radius 3 is 2.59 bits per heavy atom. The minimum Gasteiger partial charge on any atom is -0.493 e. The molecule has 1 aliphatic rings. The van der Waals surface area contributed by atoms with Gasteiger partial charge in [-0.25, -0.2) is 0 Å². The van der Waals surface area contributed by atoms with E-state index in [1.807, 2.05) is 32.3 Å². The van der Waals surface area contributed by atoms with Crippen molar-refractivity contribution in [2.24, 2.45) is 0 Å². The summed E-state index contributed by atoms with van der Waals surface area (Å²) in [4.78, 5) is 20.7. The summed E-state index contributed by atoms with van der Waals surface area (Å²) in [6.07, 6.45) is 4.47. The molecular formula is C31H39N3O3. The van der Waals surface area contributed by atoms with E-state index in [1.54, 1.807) is 7.11 Å². The number of hydrogen-bond donors (Lipinski definition) is 1. The van der Waals surface area contributed by atoms with Crippen LogP contribution in [-0.2, 0) is 19.4 Å². The number of rotatable bonds is 11. The third-order valence-corrected chi connectivity index (χ3v) is 7.24. The second-order valence-corrected chi connectivity index (χ2v) is 9.99. The number of H-pyrrole nitrogens is 1. The van der Waals surface area contributed by atoms with E-state index >= 15 is 0 Å². The average Bonchev–Trinajstić information content (AvgIpc) is 2.90. The third kappa shape index (κ3) is 5.68. The van der Waals surface area contributed by atoms with Crippen LogP contribution < -0.4 is 15.0 Å². The lowest BCUT2D eigenvalue weighted by Crippen LogP contribution is -2.44. The van der Waals surface area contributed by atoms with Gasteiger partial charge in [0.15, 0.2) is 11.5 Å². The van der Waals surface area contributed by atoms with E-state index in [2.05, 4.69) is 59.1 Å². The van der Waals surface area contributed by atoms with Gasteiger partial charge in [0.1, 0.15) is 0 Å². The quantitative estimate of drug-likeness (QED) is 0.344. The van der Waals surface area contributed by atoms with Crippen LogP contribution >= 0.6 is 0 Å². The highest BCUT2D eigenvalue weighted by atomic mass is 16.5. The van der Waals surface area contributed by atoms with Gasteiger partial charge in [0.2, 0.25) is 0 Å². The van der Waals surface area contributed by atoms with Crippen LogP contribution in [0.4, 0.5) is 0 Å². The number of unbranched alkanes of at least 4 members (excludes halogenated alkanes) is 2. The highest BCUT2D eigenvalue weighted by Gasteiger charge is 2.30. The first-order valence-corrected chi connectivity index (χ1v) is 13.1. The molecule has 0 saturated heterocycles. The van der Waals surface area contributed by atoms with Gasteiger partial charge >= 0.3 is 0 Å². The molecule has 6 nitrogen and oxygen atoms in total. The van der Waals surface area contributed by atoms with Crippen molar-refractivity contribution in [1.82, 2.24) is 14.8 Å². The fraction of sp³-hybridized carbons (Fsp3) is 0.387. The first-order valence-electron chi connectivity index (χ1n) is 13.1. The zero-order valence-corrected chi connectivity index (χ0v) is 22.6. The van der Waals surface area contributed by atoms with Crippen molar-refractivity contribution in [3.63, 3.8) is 0 Å². The number of benzene rings is 2. The Morgan fingerprint density at radius 1 is 1.14 bits per heavy atom. The topological polar surface area (TPSA) is 57.8 Å². The number of ether oxygens (including phenoxy) is 2. The number of pyridine rings is 1. The number of hydrogen-bond acceptors (Lipinski definition) is 5. The van der Waals surface area contributed by atoms with Gasteiger partial charge in [-0.05, 0) is 42.2 Å². The first-order chi connectivity index (χ1) is 17.8. The van der Waals surface area contributed by atoms with Gasteiger partial charge in [-0.3, -0.25) is 4.79 Å². The Hall–Kier alpha value is -3.67. The third-order valence-electron chi connectivity index (χ3n) is 7.24. The Morgan fingerprint density at radius 2 is 1.89 bits per heavy atom. The lowest BCUT2D eigenvalue weighted by Gasteiger charge is -2.42. The normalized spacial score (nSPS) is 14.8. The minimum absolute atomic E-state index is 0.0873. The van der Waals surface area contributed by atoms with Crippen LogP contribution in [0.2, 0.25) is 0 Å². The number of methoxy groups -OCH3 is 1. The van der Waals surface area contributed by atoms with Gasteiger partial charge in [0.05, 0.1) is 25.3 Å². The van der Waals surface area contributed by atoms with Gasteiger partial charge in [-0.15, -0.1) is 0 Å². The molecule has 1 unspecified atom stereocenters. The summed E-state index contributed by atoms with van der Waals surface area (Å²) in [5, 5.41) is 0.909. The number of nitrogens with one attached hydrogen (secondary N) is 1. The molecule has 1 atom stereocenters. The molecule has 1 aliphatic heterocycles. The number of aromatic nitrogens is 1. The number of aromatic amines is 1. The molecule has 0 aliphatic carbocycles. The molecule has 2 aromatic carbocycles. The van der Waals surface area contributed by atoms with E-state index in [0.29, 0.717) is 35.6 Å². The van der Waals surface area contributed by atoms with Crippen LogP contribution in [0, 0.1) is 0 Å². The van der Waals surface area contributed by atoms with Crippen molar-refractivity contribution in [2.75, 3.05) is 27.8 Å². The predicted molar refractivity (Wildman–Crippen MR) is 151 cm³/mol. The lowest BCUT2D eigenvalue weighted by molar-refractivity contribution is 0.221. The second kappa shape index (κ2) is 11.6. The standard InChI is InChI=1S/C31H39N3O3/c1-7-8-11-16-37-30-28(36-6)15-14-24-18-26(31(35)32-29(24)30)17-21(2)34-20-25-13-10-9-12-23(25)19-27(34)22(3)33(4)5/h9-10,12-15,18,27H,2-3,7-8,11,16-17,19-20H2,1,4-6H3,(H,32,35). The summed E-state index contributed by atoms with van der Waals surface area (Å²) in [5.74, 6) is 1.21. The molecule has 0 amide bonds. The maximum absolute atomic E-state index is 13.3. The summed E-state index contributed by atoms with van der Waals surface area (Å²) in [5.41, 5.74) is 5.76. The van der Waals surface area contributed by atoms with Crippen molar-refractivity contribution in [3.05, 3.63) is 94.1 Å². The molecule has 2 heterocycles. The molecule has 6 heteroatoms. The van der Waals surface area contributed by atoms with E-state index in [0.717, 1.165) is 49.0 Å². The fourth-order valence-electron chi connectivity index (χ4n) is 5.01. The molecule has 0 spiro atoms. The molecule has 0 radical (unpaired) electrons. The summed E-state index contributed by atoms with van der Waals surface area (Å²) >= 11 is 0. The smallest absolute Gasteiger partial charge is 0.252 e. The summed E-state index contributed by atoms with van der Waals surface area (Å²) in [7, 11) is 5.66. The van der Waals surface area contributed by atoms with E-state index in [9.17, 15) is 4.79 Å².